The van der Waals surface area contributed by atoms with Crippen LogP contribution in [0.2, 0.25) is 0 Å². The Morgan fingerprint density at radius 2 is 2.09 bits per heavy atom. The Labute approximate surface area is 131 Å². The molecule has 2 N–H and O–H groups in total. The summed E-state index contributed by atoms with van der Waals surface area (Å²) in [6.07, 6.45) is 3.04. The van der Waals surface area contributed by atoms with E-state index < -0.39 is 12.6 Å². The van der Waals surface area contributed by atoms with Crippen molar-refractivity contribution in [3.63, 3.8) is 0 Å². The molecule has 0 aromatic heterocycles. The highest BCUT2D eigenvalue weighted by Crippen LogP contribution is 2.29. The molecule has 23 heavy (non-hydrogen) atoms. The van der Waals surface area contributed by atoms with Crippen LogP contribution in [0.25, 0.3) is 6.08 Å². The maximum atomic E-state index is 12.2. The van der Waals surface area contributed by atoms with E-state index in [0.29, 0.717) is 12.0 Å². The number of hydrogen-bond donors (Lipinski definition) is 2. The molecule has 1 aromatic carbocycles. The summed E-state index contributed by atoms with van der Waals surface area (Å²) >= 11 is 0. The second-order valence-corrected chi connectivity index (χ2v) is 4.41. The molecule has 0 aliphatic rings. The highest BCUT2D eigenvalue weighted by Gasteiger charge is 2.10. The van der Waals surface area contributed by atoms with Gasteiger partial charge in [-0.25, -0.2) is 0 Å². The summed E-state index contributed by atoms with van der Waals surface area (Å²) in [4.78, 5) is 21.8. The van der Waals surface area contributed by atoms with Crippen LogP contribution >= 0.6 is 0 Å². The standard InChI is InChI=1S/C15H17F2NO5/c1-22-12-9-10(4-6-11(12)23-15(16)17)5-7-13(19)18-8-2-3-14(20)21/h4-7,9,15H,2-3,8H2,1H3,(H,18,19)(H,20,21). The number of carboxylic acids is 1. The van der Waals surface area contributed by atoms with Gasteiger partial charge in [0.1, 0.15) is 0 Å². The number of nitrogens with one attached hydrogen (secondary N) is 1. The molecule has 0 bridgehead atoms. The molecular weight excluding hydrogens is 312 g/mol. The van der Waals surface area contributed by atoms with E-state index in [0.717, 1.165) is 0 Å². The highest BCUT2D eigenvalue weighted by atomic mass is 19.3. The summed E-state index contributed by atoms with van der Waals surface area (Å²) in [5.41, 5.74) is 0.559. The third-order valence-corrected chi connectivity index (χ3v) is 2.70. The fourth-order valence-electron chi connectivity index (χ4n) is 1.66. The molecule has 0 atom stereocenters. The topological polar surface area (TPSA) is 84.9 Å². The maximum Gasteiger partial charge on any atom is 0.387 e. The van der Waals surface area contributed by atoms with E-state index in [2.05, 4.69) is 10.1 Å². The first-order valence-corrected chi connectivity index (χ1v) is 6.73. The minimum absolute atomic E-state index is 0.0210. The average Bonchev–Trinajstić information content (AvgIpc) is 2.49. The number of methoxy groups -OCH3 is 1. The van der Waals surface area contributed by atoms with Gasteiger partial charge in [-0.3, -0.25) is 9.59 Å². The van der Waals surface area contributed by atoms with Gasteiger partial charge in [-0.05, 0) is 30.2 Å². The van der Waals surface area contributed by atoms with Crippen molar-refractivity contribution in [3.05, 3.63) is 29.8 Å². The van der Waals surface area contributed by atoms with Crippen molar-refractivity contribution < 1.29 is 33.0 Å². The quantitative estimate of drug-likeness (QED) is 0.536. The van der Waals surface area contributed by atoms with Crippen LogP contribution in [0.3, 0.4) is 0 Å². The summed E-state index contributed by atoms with van der Waals surface area (Å²) < 4.78 is 33.7. The lowest BCUT2D eigenvalue weighted by molar-refractivity contribution is -0.137. The van der Waals surface area contributed by atoms with Crippen LogP contribution in [-0.2, 0) is 9.59 Å². The number of benzene rings is 1. The second kappa shape index (κ2) is 9.39. The predicted molar refractivity (Wildman–Crippen MR) is 78.5 cm³/mol. The van der Waals surface area contributed by atoms with E-state index in [1.165, 1.54) is 37.5 Å². The van der Waals surface area contributed by atoms with Crippen LogP contribution in [0.1, 0.15) is 18.4 Å². The molecule has 1 amide bonds. The first-order valence-electron chi connectivity index (χ1n) is 6.73. The molecule has 0 aliphatic heterocycles. The van der Waals surface area contributed by atoms with Crippen molar-refractivity contribution >= 4 is 18.0 Å². The van der Waals surface area contributed by atoms with Gasteiger partial charge in [-0.2, -0.15) is 8.78 Å². The van der Waals surface area contributed by atoms with Gasteiger partial charge in [-0.1, -0.05) is 6.07 Å². The Kier molecular flexibility index (Phi) is 7.52. The van der Waals surface area contributed by atoms with E-state index in [-0.39, 0.29) is 30.4 Å². The molecule has 0 fully saturated rings. The third-order valence-electron chi connectivity index (χ3n) is 2.70. The van der Waals surface area contributed by atoms with Crippen molar-refractivity contribution in [2.24, 2.45) is 0 Å². The van der Waals surface area contributed by atoms with Gasteiger partial charge in [0.15, 0.2) is 11.5 Å². The van der Waals surface area contributed by atoms with Crippen LogP contribution < -0.4 is 14.8 Å². The number of alkyl halides is 2. The lowest BCUT2D eigenvalue weighted by Gasteiger charge is -2.10. The van der Waals surface area contributed by atoms with E-state index in [4.69, 9.17) is 9.84 Å². The first kappa shape index (κ1) is 18.4. The zero-order valence-electron chi connectivity index (χ0n) is 12.4. The number of carboxylic acid groups (broad SMARTS) is 1. The zero-order valence-corrected chi connectivity index (χ0v) is 12.4. The summed E-state index contributed by atoms with van der Waals surface area (Å²) in [6.45, 7) is -2.71. The molecule has 0 unspecified atom stereocenters. The summed E-state index contributed by atoms with van der Waals surface area (Å²) in [5, 5.41) is 11.0. The molecule has 1 aromatic rings. The van der Waals surface area contributed by atoms with Crippen molar-refractivity contribution in [1.82, 2.24) is 5.32 Å². The maximum absolute atomic E-state index is 12.2. The Bertz CT molecular complexity index is 575. The van der Waals surface area contributed by atoms with E-state index >= 15 is 0 Å². The molecule has 0 saturated heterocycles. The number of rotatable bonds is 9. The molecule has 8 heteroatoms. The fraction of sp³-hybridized carbons (Fsp3) is 0.333. The predicted octanol–water partition coefficient (Wildman–Crippen LogP) is 2.29. The van der Waals surface area contributed by atoms with Crippen molar-refractivity contribution in [3.8, 4) is 11.5 Å². The second-order valence-electron chi connectivity index (χ2n) is 4.41. The largest absolute Gasteiger partial charge is 0.493 e. The Hall–Kier alpha value is -2.64. The van der Waals surface area contributed by atoms with Gasteiger partial charge in [0.05, 0.1) is 7.11 Å². The molecule has 126 valence electrons. The van der Waals surface area contributed by atoms with Crippen molar-refractivity contribution in [2.75, 3.05) is 13.7 Å². The Morgan fingerprint density at radius 3 is 2.70 bits per heavy atom. The van der Waals surface area contributed by atoms with E-state index in [9.17, 15) is 18.4 Å². The minimum atomic E-state index is -2.96. The highest BCUT2D eigenvalue weighted by molar-refractivity contribution is 5.91. The van der Waals surface area contributed by atoms with Gasteiger partial charge in [0, 0.05) is 19.0 Å². The van der Waals surface area contributed by atoms with Crippen LogP contribution in [-0.4, -0.2) is 37.2 Å². The SMILES string of the molecule is COc1cc(C=CC(=O)NCCCC(=O)O)ccc1OC(F)F. The lowest BCUT2D eigenvalue weighted by Crippen LogP contribution is -2.22. The number of halogens is 2. The number of hydrogen-bond acceptors (Lipinski definition) is 4. The van der Waals surface area contributed by atoms with E-state index in [1.807, 2.05) is 0 Å². The molecule has 0 saturated carbocycles. The summed E-state index contributed by atoms with van der Waals surface area (Å²) in [5.74, 6) is -1.29. The van der Waals surface area contributed by atoms with Gasteiger partial charge in [-0.15, -0.1) is 0 Å². The minimum Gasteiger partial charge on any atom is -0.493 e. The molecule has 6 nitrogen and oxygen atoms in total. The van der Waals surface area contributed by atoms with Crippen LogP contribution in [0, 0.1) is 0 Å². The number of amides is 1. The number of carbonyl (C=O) groups is 2. The molecule has 1 rings (SSSR count). The molecule has 0 spiro atoms. The van der Waals surface area contributed by atoms with Crippen LogP contribution in [0.5, 0.6) is 11.5 Å². The molecule has 0 aliphatic carbocycles. The number of aliphatic carboxylic acids is 1. The lowest BCUT2D eigenvalue weighted by atomic mass is 10.2. The smallest absolute Gasteiger partial charge is 0.387 e. The monoisotopic (exact) mass is 329 g/mol. The molecule has 0 radical (unpaired) electrons. The summed E-state index contributed by atoms with van der Waals surface area (Å²) in [7, 11) is 1.32. The Morgan fingerprint density at radius 1 is 1.35 bits per heavy atom. The van der Waals surface area contributed by atoms with Crippen molar-refractivity contribution in [1.29, 1.82) is 0 Å². The first-order chi connectivity index (χ1) is 10.9. The van der Waals surface area contributed by atoms with E-state index in [1.54, 1.807) is 0 Å². The van der Waals surface area contributed by atoms with Gasteiger partial charge < -0.3 is 19.9 Å². The third kappa shape index (κ3) is 7.25. The van der Waals surface area contributed by atoms with Crippen LogP contribution in [0.4, 0.5) is 8.78 Å². The van der Waals surface area contributed by atoms with Gasteiger partial charge >= 0.3 is 12.6 Å². The normalized spacial score (nSPS) is 10.8. The van der Waals surface area contributed by atoms with Crippen LogP contribution in [0.15, 0.2) is 24.3 Å². The molecule has 0 heterocycles. The van der Waals surface area contributed by atoms with Gasteiger partial charge in [0.2, 0.25) is 5.91 Å². The summed E-state index contributed by atoms with van der Waals surface area (Å²) in [6, 6.07) is 4.26. The number of ether oxygens (including phenoxy) is 2. The van der Waals surface area contributed by atoms with Gasteiger partial charge in [0.25, 0.3) is 0 Å². The number of carbonyl (C=O) groups excluding carboxylic acids is 1. The fourth-order valence-corrected chi connectivity index (χ4v) is 1.66. The van der Waals surface area contributed by atoms with Crippen molar-refractivity contribution in [2.45, 2.75) is 19.5 Å². The average molecular weight is 329 g/mol. The molecular formula is C15H17F2NO5. The zero-order chi connectivity index (χ0) is 17.2. The Balaban J connectivity index is 2.58.